The fraction of sp³-hybridized carbons (Fsp3) is 0.0952. The first-order valence-electron chi connectivity index (χ1n) is 8.57. The van der Waals surface area contributed by atoms with Gasteiger partial charge in [-0.15, -0.1) is 0 Å². The number of benzene rings is 2. The molecule has 0 spiro atoms. The number of aromatic carboxylic acids is 1. The number of carboxylic acids is 1. The Hall–Kier alpha value is -3.58. The third-order valence-electron chi connectivity index (χ3n) is 3.90. The molecule has 2 N–H and O–H groups in total. The summed E-state index contributed by atoms with van der Waals surface area (Å²) < 4.78 is 11.0. The molecule has 1 heterocycles. The number of furan rings is 1. The highest BCUT2D eigenvalue weighted by molar-refractivity contribution is 6.31. The predicted molar refractivity (Wildman–Crippen MR) is 109 cm³/mol. The van der Waals surface area contributed by atoms with E-state index in [2.05, 4.69) is 10.5 Å². The topological polar surface area (TPSA) is 101 Å². The molecule has 7 nitrogen and oxygen atoms in total. The summed E-state index contributed by atoms with van der Waals surface area (Å²) in [5, 5.41) is 13.5. The number of carbonyl (C=O) groups is 2. The molecule has 0 aliphatic heterocycles. The summed E-state index contributed by atoms with van der Waals surface area (Å²) in [6, 6.07) is 14.9. The van der Waals surface area contributed by atoms with Crippen molar-refractivity contribution in [3.05, 3.63) is 76.5 Å². The molecule has 3 aromatic rings. The number of nitrogens with one attached hydrogen (secondary N) is 1. The van der Waals surface area contributed by atoms with Gasteiger partial charge in [0.1, 0.15) is 17.3 Å². The van der Waals surface area contributed by atoms with Gasteiger partial charge in [-0.2, -0.15) is 5.10 Å². The Morgan fingerprint density at radius 2 is 2.03 bits per heavy atom. The number of carboxylic acid groups (broad SMARTS) is 1. The Labute approximate surface area is 171 Å². The van der Waals surface area contributed by atoms with Gasteiger partial charge in [-0.1, -0.05) is 23.7 Å². The van der Waals surface area contributed by atoms with Crippen molar-refractivity contribution in [2.75, 3.05) is 6.61 Å². The van der Waals surface area contributed by atoms with E-state index in [1.54, 1.807) is 42.5 Å². The van der Waals surface area contributed by atoms with Crippen LogP contribution in [0.3, 0.4) is 0 Å². The Bertz CT molecular complexity index is 1070. The van der Waals surface area contributed by atoms with E-state index in [-0.39, 0.29) is 12.2 Å². The van der Waals surface area contributed by atoms with Crippen molar-refractivity contribution >= 4 is 29.7 Å². The Morgan fingerprint density at radius 1 is 1.21 bits per heavy atom. The number of hydrogen-bond donors (Lipinski definition) is 2. The maximum atomic E-state index is 11.8. The highest BCUT2D eigenvalue weighted by Crippen LogP contribution is 2.23. The van der Waals surface area contributed by atoms with Crippen molar-refractivity contribution < 1.29 is 23.8 Å². The Morgan fingerprint density at radius 3 is 2.79 bits per heavy atom. The maximum Gasteiger partial charge on any atom is 0.335 e. The van der Waals surface area contributed by atoms with Crippen LogP contribution in [0, 0.1) is 6.92 Å². The molecule has 0 saturated carbocycles. The molecular weight excluding hydrogens is 396 g/mol. The van der Waals surface area contributed by atoms with Crippen LogP contribution >= 0.6 is 11.6 Å². The lowest BCUT2D eigenvalue weighted by Crippen LogP contribution is -2.24. The largest absolute Gasteiger partial charge is 0.484 e. The molecule has 0 bridgehead atoms. The van der Waals surface area contributed by atoms with Gasteiger partial charge >= 0.3 is 5.97 Å². The molecule has 0 aliphatic carbocycles. The van der Waals surface area contributed by atoms with Crippen LogP contribution in [0.25, 0.3) is 11.3 Å². The van der Waals surface area contributed by atoms with Crippen LogP contribution in [0.2, 0.25) is 5.02 Å². The zero-order chi connectivity index (χ0) is 20.8. The lowest BCUT2D eigenvalue weighted by atomic mass is 10.1. The van der Waals surface area contributed by atoms with Crippen molar-refractivity contribution in [3.8, 4) is 17.1 Å². The Kier molecular flexibility index (Phi) is 6.31. The number of amides is 1. The zero-order valence-electron chi connectivity index (χ0n) is 15.4. The van der Waals surface area contributed by atoms with Gasteiger partial charge in [0.05, 0.1) is 11.8 Å². The van der Waals surface area contributed by atoms with Gasteiger partial charge in [-0.3, -0.25) is 4.79 Å². The van der Waals surface area contributed by atoms with Crippen molar-refractivity contribution in [3.63, 3.8) is 0 Å². The fourth-order valence-corrected chi connectivity index (χ4v) is 2.56. The smallest absolute Gasteiger partial charge is 0.335 e. The number of ether oxygens (including phenoxy) is 1. The number of hydrazone groups is 1. The predicted octanol–water partition coefficient (Wildman–Crippen LogP) is 4.14. The number of rotatable bonds is 7. The van der Waals surface area contributed by atoms with Gasteiger partial charge < -0.3 is 14.3 Å². The molecule has 0 saturated heterocycles. The van der Waals surface area contributed by atoms with E-state index in [0.29, 0.717) is 27.9 Å². The lowest BCUT2D eigenvalue weighted by Gasteiger charge is -2.06. The normalized spacial score (nSPS) is 10.8. The number of halogens is 1. The molecule has 0 aliphatic rings. The second-order valence-corrected chi connectivity index (χ2v) is 6.49. The molecule has 1 aromatic heterocycles. The molecule has 29 heavy (non-hydrogen) atoms. The van der Waals surface area contributed by atoms with Gasteiger partial charge in [0.15, 0.2) is 6.61 Å². The molecule has 0 unspecified atom stereocenters. The first kappa shape index (κ1) is 20.2. The minimum absolute atomic E-state index is 0.164. The molecule has 0 radical (unpaired) electrons. The molecule has 1 amide bonds. The van der Waals surface area contributed by atoms with Crippen LogP contribution in [-0.4, -0.2) is 29.8 Å². The molecule has 3 rings (SSSR count). The van der Waals surface area contributed by atoms with Gasteiger partial charge in [0, 0.05) is 10.6 Å². The number of carbonyl (C=O) groups excluding carboxylic acids is 1. The van der Waals surface area contributed by atoms with Crippen LogP contribution in [0.4, 0.5) is 0 Å². The van der Waals surface area contributed by atoms with Gasteiger partial charge in [0.2, 0.25) is 0 Å². The minimum Gasteiger partial charge on any atom is -0.484 e. The third kappa shape index (κ3) is 5.46. The number of hydrogen-bond acceptors (Lipinski definition) is 5. The second-order valence-electron chi connectivity index (χ2n) is 6.08. The first-order valence-corrected chi connectivity index (χ1v) is 8.94. The molecule has 8 heteroatoms. The van der Waals surface area contributed by atoms with Crippen LogP contribution in [0.15, 0.2) is 64.1 Å². The van der Waals surface area contributed by atoms with Crippen molar-refractivity contribution in [1.82, 2.24) is 5.43 Å². The van der Waals surface area contributed by atoms with E-state index in [1.165, 1.54) is 18.3 Å². The minimum atomic E-state index is -1.01. The fourth-order valence-electron chi connectivity index (χ4n) is 2.44. The highest BCUT2D eigenvalue weighted by atomic mass is 35.5. The van der Waals surface area contributed by atoms with E-state index in [0.717, 1.165) is 5.56 Å². The third-order valence-corrected chi connectivity index (χ3v) is 4.33. The highest BCUT2D eigenvalue weighted by Gasteiger charge is 2.08. The molecule has 0 atom stereocenters. The molecule has 2 aromatic carbocycles. The van der Waals surface area contributed by atoms with E-state index in [4.69, 9.17) is 25.9 Å². The monoisotopic (exact) mass is 412 g/mol. The summed E-state index contributed by atoms with van der Waals surface area (Å²) in [5.74, 6) is -0.0310. The van der Waals surface area contributed by atoms with Crippen LogP contribution in [0.5, 0.6) is 5.75 Å². The van der Waals surface area contributed by atoms with Gasteiger partial charge in [0.25, 0.3) is 5.91 Å². The summed E-state index contributed by atoms with van der Waals surface area (Å²) in [5.41, 5.74) is 3.98. The molecule has 148 valence electrons. The van der Waals surface area contributed by atoms with Crippen molar-refractivity contribution in [1.29, 1.82) is 0 Å². The maximum absolute atomic E-state index is 11.8. The number of nitrogens with zero attached hydrogens (tertiary/aromatic N) is 1. The van der Waals surface area contributed by atoms with E-state index >= 15 is 0 Å². The standard InChI is InChI=1S/C21H17ClN2O5/c1-13-9-16(5-7-18(13)22)28-12-20(25)24-23-11-17-6-8-19(29-17)14-3-2-4-15(10-14)21(26)27/h2-11H,12H2,1H3,(H,24,25)(H,26,27)/b23-11+. The van der Waals surface area contributed by atoms with Crippen molar-refractivity contribution in [2.24, 2.45) is 5.10 Å². The molecule has 0 fully saturated rings. The summed E-state index contributed by atoms with van der Waals surface area (Å²) in [4.78, 5) is 22.9. The summed E-state index contributed by atoms with van der Waals surface area (Å²) in [6.45, 7) is 1.64. The summed E-state index contributed by atoms with van der Waals surface area (Å²) in [6.07, 6.45) is 1.34. The van der Waals surface area contributed by atoms with Gasteiger partial charge in [-0.05, 0) is 55.0 Å². The summed E-state index contributed by atoms with van der Waals surface area (Å²) in [7, 11) is 0. The quantitative estimate of drug-likeness (QED) is 0.448. The van der Waals surface area contributed by atoms with Gasteiger partial charge in [-0.25, -0.2) is 10.2 Å². The van der Waals surface area contributed by atoms with Crippen LogP contribution in [-0.2, 0) is 4.79 Å². The average molecular weight is 413 g/mol. The number of aryl methyl sites for hydroxylation is 1. The molecular formula is C21H17ClN2O5. The second kappa shape index (κ2) is 9.07. The zero-order valence-corrected chi connectivity index (χ0v) is 16.1. The SMILES string of the molecule is Cc1cc(OCC(=O)N/N=C/c2ccc(-c3cccc(C(=O)O)c3)o2)ccc1Cl. The first-order chi connectivity index (χ1) is 13.9. The summed E-state index contributed by atoms with van der Waals surface area (Å²) >= 11 is 5.94. The van der Waals surface area contributed by atoms with E-state index in [1.807, 2.05) is 6.92 Å². The van der Waals surface area contributed by atoms with E-state index < -0.39 is 11.9 Å². The van der Waals surface area contributed by atoms with E-state index in [9.17, 15) is 9.59 Å². The van der Waals surface area contributed by atoms with Crippen molar-refractivity contribution in [2.45, 2.75) is 6.92 Å². The Balaban J connectivity index is 1.54. The van der Waals surface area contributed by atoms with Crippen LogP contribution in [0.1, 0.15) is 21.7 Å². The average Bonchev–Trinajstić information content (AvgIpc) is 3.18. The lowest BCUT2D eigenvalue weighted by molar-refractivity contribution is -0.123. The van der Waals surface area contributed by atoms with Crippen LogP contribution < -0.4 is 10.2 Å².